The van der Waals surface area contributed by atoms with Gasteiger partial charge in [-0.2, -0.15) is 0 Å². The molecule has 6 nitrogen and oxygen atoms in total. The third kappa shape index (κ3) is 3.40. The van der Waals surface area contributed by atoms with E-state index in [4.69, 9.17) is 0 Å². The van der Waals surface area contributed by atoms with Crippen LogP contribution in [0.5, 0.6) is 0 Å². The molecule has 2 rings (SSSR count). The van der Waals surface area contributed by atoms with Crippen LogP contribution in [0.25, 0.3) is 0 Å². The Labute approximate surface area is 107 Å². The molecule has 1 fully saturated rings. The van der Waals surface area contributed by atoms with Gasteiger partial charge in [0, 0.05) is 31.4 Å². The molecule has 1 aromatic heterocycles. The van der Waals surface area contributed by atoms with Crippen molar-refractivity contribution in [3.63, 3.8) is 0 Å². The van der Waals surface area contributed by atoms with Gasteiger partial charge in [0.15, 0.2) is 0 Å². The predicted molar refractivity (Wildman–Crippen MR) is 69.1 cm³/mol. The Bertz CT molecular complexity index is 379. The summed E-state index contributed by atoms with van der Waals surface area (Å²) in [6, 6.07) is 0. The fourth-order valence-electron chi connectivity index (χ4n) is 1.81. The normalized spacial score (nSPS) is 16.7. The van der Waals surface area contributed by atoms with E-state index in [0.717, 1.165) is 18.9 Å². The SMILES string of the molecule is CC(C(=O)NCCNc1cnccn1)C1CNC1. The number of nitrogens with one attached hydrogen (secondary N) is 3. The third-order valence-electron chi connectivity index (χ3n) is 3.23. The van der Waals surface area contributed by atoms with E-state index in [-0.39, 0.29) is 11.8 Å². The number of hydrogen-bond acceptors (Lipinski definition) is 5. The second-order valence-electron chi connectivity index (χ2n) is 4.52. The maximum atomic E-state index is 11.8. The van der Waals surface area contributed by atoms with Gasteiger partial charge in [0.1, 0.15) is 5.82 Å². The van der Waals surface area contributed by atoms with Crippen LogP contribution in [0.1, 0.15) is 6.92 Å². The largest absolute Gasteiger partial charge is 0.367 e. The summed E-state index contributed by atoms with van der Waals surface area (Å²) in [5, 5.41) is 9.20. The summed E-state index contributed by atoms with van der Waals surface area (Å²) in [5.41, 5.74) is 0. The number of aromatic nitrogens is 2. The van der Waals surface area contributed by atoms with Gasteiger partial charge in [-0.25, -0.2) is 4.98 Å². The van der Waals surface area contributed by atoms with Crippen molar-refractivity contribution in [3.8, 4) is 0 Å². The fourth-order valence-corrected chi connectivity index (χ4v) is 1.81. The molecule has 98 valence electrons. The Hall–Kier alpha value is -1.69. The van der Waals surface area contributed by atoms with Crippen LogP contribution in [-0.4, -0.2) is 42.1 Å². The number of nitrogens with zero attached hydrogens (tertiary/aromatic N) is 2. The van der Waals surface area contributed by atoms with Crippen LogP contribution in [0.3, 0.4) is 0 Å². The van der Waals surface area contributed by atoms with Crippen LogP contribution in [0.15, 0.2) is 18.6 Å². The first kappa shape index (κ1) is 12.8. The van der Waals surface area contributed by atoms with Crippen molar-refractivity contribution < 1.29 is 4.79 Å². The lowest BCUT2D eigenvalue weighted by atomic mass is 9.88. The zero-order chi connectivity index (χ0) is 12.8. The average molecular weight is 249 g/mol. The molecule has 1 aliphatic rings. The molecule has 0 aliphatic carbocycles. The topological polar surface area (TPSA) is 78.9 Å². The van der Waals surface area contributed by atoms with Crippen LogP contribution in [0, 0.1) is 11.8 Å². The Morgan fingerprint density at radius 2 is 2.33 bits per heavy atom. The lowest BCUT2D eigenvalue weighted by Gasteiger charge is -2.31. The highest BCUT2D eigenvalue weighted by Gasteiger charge is 2.28. The van der Waals surface area contributed by atoms with E-state index in [2.05, 4.69) is 25.9 Å². The Morgan fingerprint density at radius 1 is 1.50 bits per heavy atom. The quantitative estimate of drug-likeness (QED) is 0.612. The van der Waals surface area contributed by atoms with E-state index in [0.29, 0.717) is 19.0 Å². The zero-order valence-corrected chi connectivity index (χ0v) is 10.5. The minimum Gasteiger partial charge on any atom is -0.367 e. The maximum absolute atomic E-state index is 11.8. The number of carbonyl (C=O) groups excluding carboxylic acids is 1. The molecule has 3 N–H and O–H groups in total. The molecule has 1 amide bonds. The number of carbonyl (C=O) groups is 1. The zero-order valence-electron chi connectivity index (χ0n) is 10.5. The molecule has 1 aromatic rings. The van der Waals surface area contributed by atoms with Gasteiger partial charge in [-0.05, 0) is 19.0 Å². The van der Waals surface area contributed by atoms with E-state index in [1.807, 2.05) is 6.92 Å². The number of anilines is 1. The molecule has 0 saturated carbocycles. The first-order chi connectivity index (χ1) is 8.77. The van der Waals surface area contributed by atoms with Crippen molar-refractivity contribution in [2.75, 3.05) is 31.5 Å². The van der Waals surface area contributed by atoms with E-state index in [1.54, 1.807) is 18.6 Å². The highest BCUT2D eigenvalue weighted by molar-refractivity contribution is 5.78. The lowest BCUT2D eigenvalue weighted by molar-refractivity contribution is -0.126. The summed E-state index contributed by atoms with van der Waals surface area (Å²) in [7, 11) is 0. The van der Waals surface area contributed by atoms with Gasteiger partial charge in [0.05, 0.1) is 6.20 Å². The summed E-state index contributed by atoms with van der Waals surface area (Å²) in [6.45, 7) is 5.13. The van der Waals surface area contributed by atoms with Gasteiger partial charge < -0.3 is 16.0 Å². The van der Waals surface area contributed by atoms with E-state index < -0.39 is 0 Å². The minimum absolute atomic E-state index is 0.0859. The second kappa shape index (κ2) is 6.30. The summed E-state index contributed by atoms with van der Waals surface area (Å²) >= 11 is 0. The minimum atomic E-state index is 0.0859. The number of rotatable bonds is 6. The molecule has 0 bridgehead atoms. The molecule has 1 atom stereocenters. The van der Waals surface area contributed by atoms with Crippen LogP contribution in [0.2, 0.25) is 0 Å². The predicted octanol–water partition coefficient (Wildman–Crippen LogP) is -0.140. The number of amides is 1. The molecule has 1 saturated heterocycles. The van der Waals surface area contributed by atoms with Crippen molar-refractivity contribution in [2.45, 2.75) is 6.92 Å². The molecular formula is C12H19N5O. The summed E-state index contributed by atoms with van der Waals surface area (Å²) in [4.78, 5) is 19.8. The van der Waals surface area contributed by atoms with Gasteiger partial charge in [-0.1, -0.05) is 6.92 Å². The van der Waals surface area contributed by atoms with E-state index in [1.165, 1.54) is 0 Å². The average Bonchev–Trinajstić information content (AvgIpc) is 2.33. The Balaban J connectivity index is 1.61. The van der Waals surface area contributed by atoms with Crippen LogP contribution >= 0.6 is 0 Å². The molecule has 1 unspecified atom stereocenters. The molecule has 2 heterocycles. The van der Waals surface area contributed by atoms with Crippen LogP contribution in [-0.2, 0) is 4.79 Å². The van der Waals surface area contributed by atoms with E-state index in [9.17, 15) is 4.79 Å². The summed E-state index contributed by atoms with van der Waals surface area (Å²) in [5.74, 6) is 1.42. The lowest BCUT2D eigenvalue weighted by Crippen LogP contribution is -2.50. The molecule has 0 aromatic carbocycles. The van der Waals surface area contributed by atoms with E-state index >= 15 is 0 Å². The van der Waals surface area contributed by atoms with Crippen LogP contribution < -0.4 is 16.0 Å². The van der Waals surface area contributed by atoms with Crippen molar-refractivity contribution >= 4 is 11.7 Å². The molecule has 0 spiro atoms. The molecule has 1 aliphatic heterocycles. The molecular weight excluding hydrogens is 230 g/mol. The third-order valence-corrected chi connectivity index (χ3v) is 3.23. The van der Waals surface area contributed by atoms with Crippen LogP contribution in [0.4, 0.5) is 5.82 Å². The first-order valence-electron chi connectivity index (χ1n) is 6.25. The monoisotopic (exact) mass is 249 g/mol. The summed E-state index contributed by atoms with van der Waals surface area (Å²) < 4.78 is 0. The van der Waals surface area contributed by atoms with Gasteiger partial charge in [-0.3, -0.25) is 9.78 Å². The van der Waals surface area contributed by atoms with Crippen molar-refractivity contribution in [1.29, 1.82) is 0 Å². The first-order valence-corrected chi connectivity index (χ1v) is 6.25. The smallest absolute Gasteiger partial charge is 0.223 e. The molecule has 18 heavy (non-hydrogen) atoms. The van der Waals surface area contributed by atoms with Gasteiger partial charge in [-0.15, -0.1) is 0 Å². The van der Waals surface area contributed by atoms with Gasteiger partial charge in [0.25, 0.3) is 0 Å². The maximum Gasteiger partial charge on any atom is 0.223 e. The van der Waals surface area contributed by atoms with Crippen molar-refractivity contribution in [3.05, 3.63) is 18.6 Å². The highest BCUT2D eigenvalue weighted by atomic mass is 16.1. The molecule has 0 radical (unpaired) electrons. The highest BCUT2D eigenvalue weighted by Crippen LogP contribution is 2.15. The van der Waals surface area contributed by atoms with Gasteiger partial charge in [0.2, 0.25) is 5.91 Å². The number of hydrogen-bond donors (Lipinski definition) is 3. The fraction of sp³-hybridized carbons (Fsp3) is 0.583. The van der Waals surface area contributed by atoms with Crippen molar-refractivity contribution in [1.82, 2.24) is 20.6 Å². The Morgan fingerprint density at radius 3 is 2.94 bits per heavy atom. The summed E-state index contributed by atoms with van der Waals surface area (Å²) in [6.07, 6.45) is 4.92. The molecule has 6 heteroatoms. The van der Waals surface area contributed by atoms with Gasteiger partial charge >= 0.3 is 0 Å². The second-order valence-corrected chi connectivity index (χ2v) is 4.52. The standard InChI is InChI=1S/C12H19N5O/c1-9(10-6-14-7-10)12(18)17-5-4-16-11-8-13-2-3-15-11/h2-3,8-10,14H,4-7H2,1H3,(H,15,16)(H,17,18). The Kier molecular flexibility index (Phi) is 4.46. The van der Waals surface area contributed by atoms with Crippen molar-refractivity contribution in [2.24, 2.45) is 11.8 Å².